The second-order valence-corrected chi connectivity index (χ2v) is 5.27. The third-order valence-corrected chi connectivity index (χ3v) is 3.69. The molecule has 1 fully saturated rings. The van der Waals surface area contributed by atoms with Crippen LogP contribution in [0.3, 0.4) is 0 Å². The Kier molecular flexibility index (Phi) is 4.27. The molecule has 2 rings (SSSR count). The summed E-state index contributed by atoms with van der Waals surface area (Å²) in [5.41, 5.74) is 7.04. The van der Waals surface area contributed by atoms with Gasteiger partial charge in [-0.15, -0.1) is 0 Å². The number of hydrogen-bond acceptors (Lipinski definition) is 3. The van der Waals surface area contributed by atoms with Gasteiger partial charge in [0, 0.05) is 30.0 Å². The van der Waals surface area contributed by atoms with Gasteiger partial charge in [-0.05, 0) is 45.0 Å². The van der Waals surface area contributed by atoms with Gasteiger partial charge in [0.05, 0.1) is 0 Å². The Balaban J connectivity index is 1.85. The van der Waals surface area contributed by atoms with Gasteiger partial charge in [0.25, 0.3) is 0 Å². The summed E-state index contributed by atoms with van der Waals surface area (Å²) < 4.78 is 0. The van der Waals surface area contributed by atoms with Gasteiger partial charge >= 0.3 is 6.03 Å². The summed E-state index contributed by atoms with van der Waals surface area (Å²) in [5.74, 6) is 0. The minimum absolute atomic E-state index is 0.160. The maximum atomic E-state index is 11.9. The molecule has 104 valence electrons. The van der Waals surface area contributed by atoms with Gasteiger partial charge < -0.3 is 21.3 Å². The van der Waals surface area contributed by atoms with Crippen LogP contribution in [0.1, 0.15) is 19.8 Å². The predicted molar refractivity (Wildman–Crippen MR) is 78.1 cm³/mol. The molecule has 1 aromatic carbocycles. The highest BCUT2D eigenvalue weighted by Gasteiger charge is 2.23. The summed E-state index contributed by atoms with van der Waals surface area (Å²) in [5, 5.41) is 5.83. The maximum absolute atomic E-state index is 11.9. The lowest BCUT2D eigenvalue weighted by atomic mass is 9.99. The van der Waals surface area contributed by atoms with E-state index in [2.05, 4.69) is 29.5 Å². The molecule has 2 atom stereocenters. The van der Waals surface area contributed by atoms with Crippen molar-refractivity contribution in [1.82, 2.24) is 10.2 Å². The fraction of sp³-hybridized carbons (Fsp3) is 0.500. The SMILES string of the molecule is CC1CC(NC(=O)Nc2cccc(N)c2)CCN1C. The lowest BCUT2D eigenvalue weighted by molar-refractivity contribution is 0.170. The third-order valence-electron chi connectivity index (χ3n) is 3.69. The molecule has 5 heteroatoms. The van der Waals surface area contributed by atoms with Gasteiger partial charge in [-0.1, -0.05) is 6.07 Å². The summed E-state index contributed by atoms with van der Waals surface area (Å²) in [6.07, 6.45) is 1.98. The topological polar surface area (TPSA) is 70.4 Å². The number of nitrogens with zero attached hydrogens (tertiary/aromatic N) is 1. The molecule has 1 aliphatic heterocycles. The molecule has 5 nitrogen and oxygen atoms in total. The van der Waals surface area contributed by atoms with Crippen molar-refractivity contribution >= 4 is 17.4 Å². The van der Waals surface area contributed by atoms with Gasteiger partial charge in [0.15, 0.2) is 0 Å². The highest BCUT2D eigenvalue weighted by molar-refractivity contribution is 5.89. The van der Waals surface area contributed by atoms with Crippen LogP contribution in [0.5, 0.6) is 0 Å². The zero-order chi connectivity index (χ0) is 13.8. The molecular weight excluding hydrogens is 240 g/mol. The maximum Gasteiger partial charge on any atom is 0.319 e. The number of urea groups is 1. The third kappa shape index (κ3) is 3.86. The fourth-order valence-electron chi connectivity index (χ4n) is 2.39. The molecule has 2 unspecified atom stereocenters. The summed E-state index contributed by atoms with van der Waals surface area (Å²) in [7, 11) is 2.12. The van der Waals surface area contributed by atoms with Crippen LogP contribution in [0.25, 0.3) is 0 Å². The molecule has 1 saturated heterocycles. The number of anilines is 2. The summed E-state index contributed by atoms with van der Waals surface area (Å²) in [4.78, 5) is 14.2. The van der Waals surface area contributed by atoms with Crippen molar-refractivity contribution in [2.24, 2.45) is 0 Å². The van der Waals surface area contributed by atoms with Crippen LogP contribution in [0.15, 0.2) is 24.3 Å². The van der Waals surface area contributed by atoms with Crippen molar-refractivity contribution in [1.29, 1.82) is 0 Å². The highest BCUT2D eigenvalue weighted by atomic mass is 16.2. The Morgan fingerprint density at radius 2 is 2.26 bits per heavy atom. The van der Waals surface area contributed by atoms with E-state index in [1.54, 1.807) is 12.1 Å². The Morgan fingerprint density at radius 3 is 2.95 bits per heavy atom. The van der Waals surface area contributed by atoms with Gasteiger partial charge in [-0.3, -0.25) is 0 Å². The first kappa shape index (κ1) is 13.7. The van der Waals surface area contributed by atoms with Crippen molar-refractivity contribution in [2.45, 2.75) is 31.8 Å². The number of hydrogen-bond donors (Lipinski definition) is 3. The average Bonchev–Trinajstić information content (AvgIpc) is 2.34. The van der Waals surface area contributed by atoms with E-state index in [0.29, 0.717) is 11.7 Å². The number of piperidine rings is 1. The fourth-order valence-corrected chi connectivity index (χ4v) is 2.39. The molecular formula is C14H22N4O. The van der Waals surface area contributed by atoms with Crippen molar-refractivity contribution in [3.63, 3.8) is 0 Å². The second kappa shape index (κ2) is 5.93. The number of nitrogens with two attached hydrogens (primary N) is 1. The van der Waals surface area contributed by atoms with Crippen molar-refractivity contribution in [2.75, 3.05) is 24.6 Å². The number of benzene rings is 1. The highest BCUT2D eigenvalue weighted by Crippen LogP contribution is 2.16. The minimum atomic E-state index is -0.160. The molecule has 1 heterocycles. The monoisotopic (exact) mass is 262 g/mol. The van der Waals surface area contributed by atoms with Crippen LogP contribution in [0.4, 0.5) is 16.2 Å². The van der Waals surface area contributed by atoms with Gasteiger partial charge in [-0.2, -0.15) is 0 Å². The van der Waals surface area contributed by atoms with E-state index in [1.807, 2.05) is 12.1 Å². The molecule has 1 aromatic rings. The average molecular weight is 262 g/mol. The standard InChI is InChI=1S/C14H22N4O/c1-10-8-13(6-7-18(10)2)17-14(19)16-12-5-3-4-11(15)9-12/h3-5,9-10,13H,6-8,15H2,1-2H3,(H2,16,17,19). The number of nitrogens with one attached hydrogen (secondary N) is 2. The zero-order valence-electron chi connectivity index (χ0n) is 11.5. The molecule has 0 bridgehead atoms. The number of nitrogen functional groups attached to an aromatic ring is 1. The molecule has 0 radical (unpaired) electrons. The molecule has 0 aromatic heterocycles. The molecule has 2 amide bonds. The van der Waals surface area contributed by atoms with Crippen LogP contribution >= 0.6 is 0 Å². The van der Waals surface area contributed by atoms with Crippen LogP contribution in [0.2, 0.25) is 0 Å². The Hall–Kier alpha value is -1.75. The zero-order valence-corrected chi connectivity index (χ0v) is 11.5. The van der Waals surface area contributed by atoms with Crippen LogP contribution < -0.4 is 16.4 Å². The van der Waals surface area contributed by atoms with E-state index in [1.165, 1.54) is 0 Å². The molecule has 0 saturated carbocycles. The first-order chi connectivity index (χ1) is 9.04. The summed E-state index contributed by atoms with van der Waals surface area (Å²) in [6.45, 7) is 3.20. The molecule has 4 N–H and O–H groups in total. The summed E-state index contributed by atoms with van der Waals surface area (Å²) in [6, 6.07) is 7.78. The van der Waals surface area contributed by atoms with E-state index in [4.69, 9.17) is 5.73 Å². The van der Waals surface area contributed by atoms with E-state index < -0.39 is 0 Å². The second-order valence-electron chi connectivity index (χ2n) is 5.27. The minimum Gasteiger partial charge on any atom is -0.399 e. The van der Waals surface area contributed by atoms with Crippen LogP contribution in [-0.2, 0) is 0 Å². The first-order valence-corrected chi connectivity index (χ1v) is 6.68. The van der Waals surface area contributed by atoms with E-state index >= 15 is 0 Å². The molecule has 0 spiro atoms. The first-order valence-electron chi connectivity index (χ1n) is 6.68. The van der Waals surface area contributed by atoms with Crippen molar-refractivity contribution in [3.05, 3.63) is 24.3 Å². The Bertz CT molecular complexity index is 449. The largest absolute Gasteiger partial charge is 0.399 e. The Labute approximate surface area is 114 Å². The van der Waals surface area contributed by atoms with Crippen LogP contribution in [-0.4, -0.2) is 36.6 Å². The number of carbonyl (C=O) groups excluding carboxylic acids is 1. The molecule has 19 heavy (non-hydrogen) atoms. The number of amides is 2. The number of rotatable bonds is 2. The smallest absolute Gasteiger partial charge is 0.319 e. The lowest BCUT2D eigenvalue weighted by Crippen LogP contribution is -2.48. The van der Waals surface area contributed by atoms with Gasteiger partial charge in [0.2, 0.25) is 0 Å². The van der Waals surface area contributed by atoms with E-state index in [0.717, 1.165) is 25.1 Å². The van der Waals surface area contributed by atoms with Crippen molar-refractivity contribution in [3.8, 4) is 0 Å². The normalized spacial score (nSPS) is 23.9. The van der Waals surface area contributed by atoms with Gasteiger partial charge in [0.1, 0.15) is 0 Å². The Morgan fingerprint density at radius 1 is 1.47 bits per heavy atom. The van der Waals surface area contributed by atoms with Gasteiger partial charge in [-0.25, -0.2) is 4.79 Å². The van der Waals surface area contributed by atoms with E-state index in [-0.39, 0.29) is 12.1 Å². The van der Waals surface area contributed by atoms with E-state index in [9.17, 15) is 4.79 Å². The van der Waals surface area contributed by atoms with Crippen molar-refractivity contribution < 1.29 is 4.79 Å². The molecule has 1 aliphatic rings. The predicted octanol–water partition coefficient (Wildman–Crippen LogP) is 1.87. The van der Waals surface area contributed by atoms with Crippen LogP contribution in [0, 0.1) is 0 Å². The quantitative estimate of drug-likeness (QED) is 0.713. The lowest BCUT2D eigenvalue weighted by Gasteiger charge is -2.35. The molecule has 0 aliphatic carbocycles. The summed E-state index contributed by atoms with van der Waals surface area (Å²) >= 11 is 0. The number of likely N-dealkylation sites (tertiary alicyclic amines) is 1. The number of carbonyl (C=O) groups is 1.